The second-order valence-electron chi connectivity index (χ2n) is 4.30. The Morgan fingerprint density at radius 3 is 2.81 bits per heavy atom. The number of rotatable bonds is 7. The molecule has 0 saturated heterocycles. The van der Waals surface area contributed by atoms with Crippen LogP contribution < -0.4 is 5.32 Å². The monoisotopic (exact) mass is 225 g/mol. The average Bonchev–Trinajstić information content (AvgIpc) is 2.72. The Morgan fingerprint density at radius 2 is 2.25 bits per heavy atom. The average molecular weight is 225 g/mol. The maximum atomic E-state index is 9.13. The van der Waals surface area contributed by atoms with Crippen molar-refractivity contribution < 1.29 is 5.11 Å². The van der Waals surface area contributed by atoms with Gasteiger partial charge in [-0.1, -0.05) is 0 Å². The topological polar surface area (TPSA) is 50.1 Å². The Labute approximate surface area is 97.7 Å². The van der Waals surface area contributed by atoms with Crippen LogP contribution in [0.5, 0.6) is 0 Å². The zero-order chi connectivity index (χ0) is 12.0. The van der Waals surface area contributed by atoms with Gasteiger partial charge >= 0.3 is 0 Å². The molecule has 0 aliphatic heterocycles. The lowest BCUT2D eigenvalue weighted by molar-refractivity contribution is 0.181. The summed E-state index contributed by atoms with van der Waals surface area (Å²) in [6.07, 6.45) is 5.65. The smallest absolute Gasteiger partial charge is 0.0537 e. The highest BCUT2D eigenvalue weighted by molar-refractivity contribution is 5.08. The fourth-order valence-electron chi connectivity index (χ4n) is 1.61. The molecule has 0 bridgehead atoms. The van der Waals surface area contributed by atoms with Gasteiger partial charge < -0.3 is 10.4 Å². The standard InChI is InChI=1S/C12H23N3O/c1-4-15-9-12(8-14-15)11(3)13-7-5-6-10(2)16/h8-11,13,16H,4-7H2,1-3H3. The SMILES string of the molecule is CCn1cc(C(C)NCCCC(C)O)cn1. The summed E-state index contributed by atoms with van der Waals surface area (Å²) >= 11 is 0. The van der Waals surface area contributed by atoms with Crippen molar-refractivity contribution in [2.24, 2.45) is 0 Å². The van der Waals surface area contributed by atoms with Gasteiger partial charge in [-0.3, -0.25) is 4.68 Å². The highest BCUT2D eigenvalue weighted by Gasteiger charge is 2.06. The molecular weight excluding hydrogens is 202 g/mol. The zero-order valence-electron chi connectivity index (χ0n) is 10.5. The highest BCUT2D eigenvalue weighted by Crippen LogP contribution is 2.10. The van der Waals surface area contributed by atoms with Crippen LogP contribution in [0.15, 0.2) is 12.4 Å². The van der Waals surface area contributed by atoms with Gasteiger partial charge in [0.2, 0.25) is 0 Å². The first-order valence-electron chi connectivity index (χ1n) is 6.07. The number of nitrogens with one attached hydrogen (secondary N) is 1. The van der Waals surface area contributed by atoms with Gasteiger partial charge in [0.05, 0.1) is 12.3 Å². The molecule has 4 nitrogen and oxygen atoms in total. The summed E-state index contributed by atoms with van der Waals surface area (Å²) < 4.78 is 1.93. The highest BCUT2D eigenvalue weighted by atomic mass is 16.3. The van der Waals surface area contributed by atoms with E-state index in [1.54, 1.807) is 0 Å². The third kappa shape index (κ3) is 4.33. The van der Waals surface area contributed by atoms with Crippen molar-refractivity contribution in [3.63, 3.8) is 0 Å². The lowest BCUT2D eigenvalue weighted by Gasteiger charge is -2.12. The largest absolute Gasteiger partial charge is 0.393 e. The van der Waals surface area contributed by atoms with Gasteiger partial charge in [-0.05, 0) is 40.2 Å². The number of hydrogen-bond donors (Lipinski definition) is 2. The minimum atomic E-state index is -0.194. The predicted molar refractivity (Wildman–Crippen MR) is 65.2 cm³/mol. The Balaban J connectivity index is 2.26. The maximum Gasteiger partial charge on any atom is 0.0537 e. The van der Waals surface area contributed by atoms with Gasteiger partial charge in [0.1, 0.15) is 0 Å². The third-order valence-corrected chi connectivity index (χ3v) is 2.73. The van der Waals surface area contributed by atoms with E-state index in [-0.39, 0.29) is 6.10 Å². The van der Waals surface area contributed by atoms with Crippen molar-refractivity contribution in [3.05, 3.63) is 18.0 Å². The minimum absolute atomic E-state index is 0.194. The van der Waals surface area contributed by atoms with Crippen LogP contribution in [0.4, 0.5) is 0 Å². The van der Waals surface area contributed by atoms with Crippen molar-refractivity contribution in [1.29, 1.82) is 0 Å². The summed E-state index contributed by atoms with van der Waals surface area (Å²) in [5.74, 6) is 0. The Bertz CT molecular complexity index is 296. The van der Waals surface area contributed by atoms with Gasteiger partial charge in [0.15, 0.2) is 0 Å². The molecule has 0 aliphatic rings. The number of aliphatic hydroxyl groups excluding tert-OH is 1. The number of hydrogen-bond acceptors (Lipinski definition) is 3. The summed E-state index contributed by atoms with van der Waals surface area (Å²) in [7, 11) is 0. The van der Waals surface area contributed by atoms with Crippen LogP contribution in [0.3, 0.4) is 0 Å². The molecule has 0 fully saturated rings. The molecule has 4 heteroatoms. The second kappa shape index (κ2) is 6.66. The molecule has 0 radical (unpaired) electrons. The van der Waals surface area contributed by atoms with Gasteiger partial charge in [0.25, 0.3) is 0 Å². The van der Waals surface area contributed by atoms with Crippen LogP contribution in [0, 0.1) is 0 Å². The number of aliphatic hydroxyl groups is 1. The van der Waals surface area contributed by atoms with E-state index in [9.17, 15) is 0 Å². The molecule has 1 rings (SSSR count). The van der Waals surface area contributed by atoms with E-state index in [1.807, 2.05) is 17.8 Å². The second-order valence-corrected chi connectivity index (χ2v) is 4.30. The molecule has 1 aromatic heterocycles. The van der Waals surface area contributed by atoms with Crippen LogP contribution >= 0.6 is 0 Å². The number of aryl methyl sites for hydroxylation is 1. The Hall–Kier alpha value is -0.870. The fraction of sp³-hybridized carbons (Fsp3) is 0.750. The summed E-state index contributed by atoms with van der Waals surface area (Å²) in [4.78, 5) is 0. The molecule has 1 aromatic rings. The number of aromatic nitrogens is 2. The summed E-state index contributed by atoms with van der Waals surface area (Å²) in [5.41, 5.74) is 1.22. The zero-order valence-corrected chi connectivity index (χ0v) is 10.5. The summed E-state index contributed by atoms with van der Waals surface area (Å²) in [6, 6.07) is 0.328. The van der Waals surface area contributed by atoms with E-state index in [0.717, 1.165) is 25.9 Å². The quantitative estimate of drug-likeness (QED) is 0.695. The first-order valence-corrected chi connectivity index (χ1v) is 6.07. The normalized spacial score (nSPS) is 15.0. The summed E-state index contributed by atoms with van der Waals surface area (Å²) in [5, 5.41) is 16.8. The third-order valence-electron chi connectivity index (χ3n) is 2.73. The van der Waals surface area contributed by atoms with Gasteiger partial charge in [-0.2, -0.15) is 5.10 Å². The van der Waals surface area contributed by atoms with E-state index in [0.29, 0.717) is 6.04 Å². The molecule has 0 saturated carbocycles. The van der Waals surface area contributed by atoms with Crippen LogP contribution in [-0.4, -0.2) is 27.5 Å². The molecule has 0 spiro atoms. The Kier molecular flexibility index (Phi) is 5.49. The molecule has 92 valence electrons. The molecule has 2 unspecified atom stereocenters. The van der Waals surface area contributed by atoms with E-state index in [2.05, 4.69) is 30.5 Å². The number of nitrogens with zero attached hydrogens (tertiary/aromatic N) is 2. The lowest BCUT2D eigenvalue weighted by atomic mass is 10.1. The predicted octanol–water partition coefficient (Wildman–Crippen LogP) is 1.71. The van der Waals surface area contributed by atoms with Gasteiger partial charge in [-0.15, -0.1) is 0 Å². The van der Waals surface area contributed by atoms with E-state index in [1.165, 1.54) is 5.56 Å². The van der Waals surface area contributed by atoms with E-state index < -0.39 is 0 Å². The van der Waals surface area contributed by atoms with E-state index in [4.69, 9.17) is 5.11 Å². The molecule has 16 heavy (non-hydrogen) atoms. The first kappa shape index (κ1) is 13.2. The van der Waals surface area contributed by atoms with Crippen molar-refractivity contribution >= 4 is 0 Å². The fourth-order valence-corrected chi connectivity index (χ4v) is 1.61. The lowest BCUT2D eigenvalue weighted by Crippen LogP contribution is -2.20. The van der Waals surface area contributed by atoms with Crippen molar-refractivity contribution in [1.82, 2.24) is 15.1 Å². The molecule has 0 aliphatic carbocycles. The molecular formula is C12H23N3O. The minimum Gasteiger partial charge on any atom is -0.393 e. The van der Waals surface area contributed by atoms with Crippen molar-refractivity contribution in [3.8, 4) is 0 Å². The van der Waals surface area contributed by atoms with Crippen molar-refractivity contribution in [2.45, 2.75) is 52.3 Å². The molecule has 0 amide bonds. The van der Waals surface area contributed by atoms with Crippen LogP contribution in [-0.2, 0) is 6.54 Å². The first-order chi connectivity index (χ1) is 7.63. The van der Waals surface area contributed by atoms with Crippen LogP contribution in [0.1, 0.15) is 45.2 Å². The van der Waals surface area contributed by atoms with Crippen LogP contribution in [0.2, 0.25) is 0 Å². The van der Waals surface area contributed by atoms with Crippen LogP contribution in [0.25, 0.3) is 0 Å². The Morgan fingerprint density at radius 1 is 1.50 bits per heavy atom. The van der Waals surface area contributed by atoms with E-state index >= 15 is 0 Å². The van der Waals surface area contributed by atoms with Crippen molar-refractivity contribution in [2.75, 3.05) is 6.54 Å². The maximum absolute atomic E-state index is 9.13. The molecule has 1 heterocycles. The molecule has 2 atom stereocenters. The molecule has 0 aromatic carbocycles. The van der Waals surface area contributed by atoms with Gasteiger partial charge in [0, 0.05) is 24.3 Å². The summed E-state index contributed by atoms with van der Waals surface area (Å²) in [6.45, 7) is 7.89. The van der Waals surface area contributed by atoms with Gasteiger partial charge in [-0.25, -0.2) is 0 Å². The molecule has 2 N–H and O–H groups in total.